The van der Waals surface area contributed by atoms with Crippen LogP contribution < -0.4 is 10.9 Å². The van der Waals surface area contributed by atoms with Crippen LogP contribution >= 0.6 is 23.1 Å². The molecule has 0 fully saturated rings. The number of thiophene rings is 1. The van der Waals surface area contributed by atoms with Crippen LogP contribution in [0.2, 0.25) is 0 Å². The van der Waals surface area contributed by atoms with Gasteiger partial charge in [0.15, 0.2) is 5.16 Å². The van der Waals surface area contributed by atoms with E-state index < -0.39 is 0 Å². The molecule has 5 nitrogen and oxygen atoms in total. The number of para-hydroxylation sites is 1. The van der Waals surface area contributed by atoms with Gasteiger partial charge in [-0.05, 0) is 55.9 Å². The van der Waals surface area contributed by atoms with Gasteiger partial charge in [0.05, 0.1) is 22.9 Å². The van der Waals surface area contributed by atoms with Gasteiger partial charge in [-0.3, -0.25) is 14.2 Å². The summed E-state index contributed by atoms with van der Waals surface area (Å²) in [7, 11) is 0. The number of hydrogen-bond donors (Lipinski definition) is 1. The molecule has 0 unspecified atom stereocenters. The predicted octanol–water partition coefficient (Wildman–Crippen LogP) is 5.30. The first-order valence-electron chi connectivity index (χ1n) is 11.2. The molecule has 5 rings (SSSR count). The van der Waals surface area contributed by atoms with Gasteiger partial charge in [0.25, 0.3) is 5.56 Å². The van der Waals surface area contributed by atoms with Crippen molar-refractivity contribution in [3.8, 4) is 5.69 Å². The zero-order chi connectivity index (χ0) is 22.8. The van der Waals surface area contributed by atoms with Crippen molar-refractivity contribution >= 4 is 39.2 Å². The SMILES string of the molecule is C[C@@H](NC(=O)CSc1nc2sc3c(c2c(=O)n1-c1ccccc1)CCCC3)c1ccccc1. The molecule has 168 valence electrons. The number of fused-ring (bicyclic) bond motifs is 3. The Morgan fingerprint density at radius 1 is 1.09 bits per heavy atom. The zero-order valence-corrected chi connectivity index (χ0v) is 20.0. The number of amides is 1. The molecule has 1 aliphatic rings. The highest BCUT2D eigenvalue weighted by atomic mass is 32.2. The van der Waals surface area contributed by atoms with Crippen molar-refractivity contribution in [2.24, 2.45) is 0 Å². The van der Waals surface area contributed by atoms with Crippen LogP contribution in [0.15, 0.2) is 70.6 Å². The van der Waals surface area contributed by atoms with Crippen LogP contribution in [0.4, 0.5) is 0 Å². The molecule has 1 N–H and O–H groups in total. The van der Waals surface area contributed by atoms with Crippen molar-refractivity contribution in [3.05, 3.63) is 87.0 Å². The Morgan fingerprint density at radius 2 is 1.79 bits per heavy atom. The summed E-state index contributed by atoms with van der Waals surface area (Å²) in [5.41, 5.74) is 2.97. The molecule has 2 aromatic carbocycles. The first kappa shape index (κ1) is 21.9. The van der Waals surface area contributed by atoms with Gasteiger partial charge in [-0.2, -0.15) is 0 Å². The molecule has 1 amide bonds. The topological polar surface area (TPSA) is 64.0 Å². The lowest BCUT2D eigenvalue weighted by molar-refractivity contribution is -0.119. The number of nitrogens with one attached hydrogen (secondary N) is 1. The molecule has 2 aromatic heterocycles. The van der Waals surface area contributed by atoms with E-state index in [1.54, 1.807) is 15.9 Å². The van der Waals surface area contributed by atoms with Crippen LogP contribution in [-0.4, -0.2) is 21.2 Å². The first-order valence-corrected chi connectivity index (χ1v) is 13.0. The molecule has 4 aromatic rings. The highest BCUT2D eigenvalue weighted by Gasteiger charge is 2.23. The number of aryl methyl sites for hydroxylation is 2. The third kappa shape index (κ3) is 4.48. The Morgan fingerprint density at radius 3 is 2.55 bits per heavy atom. The third-order valence-corrected chi connectivity index (χ3v) is 8.11. The molecular weight excluding hydrogens is 450 g/mol. The summed E-state index contributed by atoms with van der Waals surface area (Å²) in [4.78, 5) is 33.4. The summed E-state index contributed by atoms with van der Waals surface area (Å²) in [6.45, 7) is 1.97. The van der Waals surface area contributed by atoms with Gasteiger partial charge < -0.3 is 5.32 Å². The average Bonchev–Trinajstić information content (AvgIpc) is 3.22. The number of carbonyl (C=O) groups is 1. The van der Waals surface area contributed by atoms with Gasteiger partial charge in [-0.25, -0.2) is 4.98 Å². The number of rotatable bonds is 6. The minimum atomic E-state index is -0.0879. The van der Waals surface area contributed by atoms with E-state index in [1.165, 1.54) is 22.2 Å². The highest BCUT2D eigenvalue weighted by molar-refractivity contribution is 7.99. The average molecular weight is 476 g/mol. The maximum absolute atomic E-state index is 13.7. The van der Waals surface area contributed by atoms with Crippen molar-refractivity contribution in [1.82, 2.24) is 14.9 Å². The predicted molar refractivity (Wildman–Crippen MR) is 136 cm³/mol. The Labute approximate surface area is 200 Å². The molecule has 7 heteroatoms. The van der Waals surface area contributed by atoms with Gasteiger partial charge in [-0.15, -0.1) is 11.3 Å². The molecule has 0 radical (unpaired) electrons. The maximum atomic E-state index is 13.7. The normalized spacial score (nSPS) is 14.1. The molecule has 1 atom stereocenters. The smallest absolute Gasteiger partial charge is 0.267 e. The summed E-state index contributed by atoms with van der Waals surface area (Å²) in [5, 5.41) is 4.35. The van der Waals surface area contributed by atoms with Gasteiger partial charge >= 0.3 is 0 Å². The van der Waals surface area contributed by atoms with Crippen LogP contribution in [0.25, 0.3) is 15.9 Å². The molecule has 0 saturated heterocycles. The fourth-order valence-corrected chi connectivity index (χ4v) is 6.45. The van der Waals surface area contributed by atoms with Gasteiger partial charge in [0.1, 0.15) is 4.83 Å². The quantitative estimate of drug-likeness (QED) is 0.304. The van der Waals surface area contributed by atoms with E-state index in [1.807, 2.05) is 67.6 Å². The molecule has 33 heavy (non-hydrogen) atoms. The second-order valence-corrected chi connectivity index (χ2v) is 10.3. The van der Waals surface area contributed by atoms with Crippen molar-refractivity contribution < 1.29 is 4.79 Å². The van der Waals surface area contributed by atoms with Crippen molar-refractivity contribution in [1.29, 1.82) is 0 Å². The second kappa shape index (κ2) is 9.53. The maximum Gasteiger partial charge on any atom is 0.267 e. The molecule has 1 aliphatic carbocycles. The van der Waals surface area contributed by atoms with E-state index in [4.69, 9.17) is 4.98 Å². The first-order chi connectivity index (χ1) is 16.1. The van der Waals surface area contributed by atoms with Gasteiger partial charge in [-0.1, -0.05) is 60.3 Å². The molecule has 2 heterocycles. The number of thioether (sulfide) groups is 1. The van der Waals surface area contributed by atoms with Gasteiger partial charge in [0, 0.05) is 4.88 Å². The Bertz CT molecular complexity index is 1350. The summed E-state index contributed by atoms with van der Waals surface area (Å²) >= 11 is 2.94. The van der Waals surface area contributed by atoms with E-state index in [0.717, 1.165) is 47.2 Å². The lowest BCUT2D eigenvalue weighted by Crippen LogP contribution is -2.29. The van der Waals surface area contributed by atoms with Crippen LogP contribution in [0.3, 0.4) is 0 Å². The van der Waals surface area contributed by atoms with Crippen molar-refractivity contribution in [2.75, 3.05) is 5.75 Å². The van der Waals surface area contributed by atoms with Crippen molar-refractivity contribution in [3.63, 3.8) is 0 Å². The van der Waals surface area contributed by atoms with E-state index in [9.17, 15) is 9.59 Å². The van der Waals surface area contributed by atoms with Crippen LogP contribution in [0, 0.1) is 0 Å². The van der Waals surface area contributed by atoms with Crippen LogP contribution in [-0.2, 0) is 17.6 Å². The summed E-state index contributed by atoms with van der Waals surface area (Å²) < 4.78 is 1.67. The second-order valence-electron chi connectivity index (χ2n) is 8.25. The lowest BCUT2D eigenvalue weighted by Gasteiger charge is -2.15. The standard InChI is InChI=1S/C26H25N3O2S2/c1-17(18-10-4-2-5-11-18)27-22(30)16-32-26-28-24-23(20-14-8-9-15-21(20)33-24)25(31)29(26)19-12-6-3-7-13-19/h2-7,10-13,17H,8-9,14-16H2,1H3,(H,27,30)/t17-/m1/s1. The minimum absolute atomic E-state index is 0.0360. The van der Waals surface area contributed by atoms with E-state index >= 15 is 0 Å². The Balaban J connectivity index is 1.47. The summed E-state index contributed by atoms with van der Waals surface area (Å²) in [5.74, 6) is 0.100. The van der Waals surface area contributed by atoms with Crippen LogP contribution in [0.5, 0.6) is 0 Å². The largest absolute Gasteiger partial charge is 0.349 e. The van der Waals surface area contributed by atoms with Crippen molar-refractivity contribution in [2.45, 2.75) is 43.8 Å². The molecular formula is C26H25N3O2S2. The Kier molecular flexibility index (Phi) is 6.33. The fourth-order valence-electron chi connectivity index (χ4n) is 4.33. The van der Waals surface area contributed by atoms with E-state index in [0.29, 0.717) is 5.16 Å². The lowest BCUT2D eigenvalue weighted by atomic mass is 9.97. The zero-order valence-electron chi connectivity index (χ0n) is 18.4. The molecule has 0 aliphatic heterocycles. The molecule has 0 bridgehead atoms. The van der Waals surface area contributed by atoms with Crippen LogP contribution in [0.1, 0.15) is 41.8 Å². The number of benzene rings is 2. The third-order valence-electron chi connectivity index (χ3n) is 5.98. The number of carbonyl (C=O) groups excluding carboxylic acids is 1. The molecule has 0 spiro atoms. The Hall–Kier alpha value is -2.90. The van der Waals surface area contributed by atoms with Gasteiger partial charge in [0.2, 0.25) is 5.91 Å². The van der Waals surface area contributed by atoms with E-state index in [2.05, 4.69) is 5.32 Å². The number of hydrogen-bond acceptors (Lipinski definition) is 5. The highest BCUT2D eigenvalue weighted by Crippen LogP contribution is 2.35. The molecule has 0 saturated carbocycles. The number of aromatic nitrogens is 2. The van der Waals surface area contributed by atoms with E-state index in [-0.39, 0.29) is 23.3 Å². The monoisotopic (exact) mass is 475 g/mol. The minimum Gasteiger partial charge on any atom is -0.349 e. The summed E-state index contributed by atoms with van der Waals surface area (Å²) in [6.07, 6.45) is 4.23. The number of nitrogens with zero attached hydrogens (tertiary/aromatic N) is 2. The fraction of sp³-hybridized carbons (Fsp3) is 0.269. The summed E-state index contributed by atoms with van der Waals surface area (Å²) in [6, 6.07) is 19.4.